The van der Waals surface area contributed by atoms with E-state index in [9.17, 15) is 14.0 Å². The van der Waals surface area contributed by atoms with Crippen molar-refractivity contribution >= 4 is 49.2 Å². The number of benzene rings is 2. The Kier molecular flexibility index (Phi) is 7.00. The number of halogens is 2. The predicted octanol–water partition coefficient (Wildman–Crippen LogP) is 4.98. The van der Waals surface area contributed by atoms with Crippen molar-refractivity contribution in [2.45, 2.75) is 19.1 Å². The summed E-state index contributed by atoms with van der Waals surface area (Å²) in [4.78, 5) is 25.3. The molecule has 0 spiro atoms. The number of ether oxygens (including phenoxy) is 2. The summed E-state index contributed by atoms with van der Waals surface area (Å²) < 4.78 is 25.9. The van der Waals surface area contributed by atoms with Crippen molar-refractivity contribution in [3.05, 3.63) is 68.8 Å². The molecular weight excluding hydrogens is 461 g/mol. The van der Waals surface area contributed by atoms with Crippen LogP contribution in [0.15, 0.2) is 46.9 Å². The number of hydrogen-bond donors (Lipinski definition) is 1. The van der Waals surface area contributed by atoms with Gasteiger partial charge in [-0.15, -0.1) is 11.3 Å². The molecule has 0 aliphatic rings. The molecule has 3 rings (SSSR count). The van der Waals surface area contributed by atoms with Crippen LogP contribution in [0.1, 0.15) is 33.3 Å². The zero-order valence-electron chi connectivity index (χ0n) is 15.8. The second-order valence-corrected chi connectivity index (χ2v) is 8.28. The Hall–Kier alpha value is -2.29. The van der Waals surface area contributed by atoms with E-state index in [-0.39, 0.29) is 13.0 Å². The van der Waals surface area contributed by atoms with E-state index in [1.807, 2.05) is 24.3 Å². The van der Waals surface area contributed by atoms with Crippen molar-refractivity contribution in [2.75, 3.05) is 14.2 Å². The van der Waals surface area contributed by atoms with Gasteiger partial charge in [-0.25, -0.2) is 4.39 Å². The number of fused-ring (bicyclic) bond motifs is 1. The zero-order chi connectivity index (χ0) is 21.0. The van der Waals surface area contributed by atoms with Crippen molar-refractivity contribution in [3.63, 3.8) is 0 Å². The van der Waals surface area contributed by atoms with Gasteiger partial charge in [-0.3, -0.25) is 9.59 Å². The number of rotatable bonds is 7. The van der Waals surface area contributed by atoms with Gasteiger partial charge in [0.05, 0.1) is 31.1 Å². The molecule has 1 unspecified atom stereocenters. The largest absolute Gasteiger partial charge is 0.469 e. The van der Waals surface area contributed by atoms with Crippen LogP contribution in [0, 0.1) is 5.82 Å². The highest BCUT2D eigenvalue weighted by Gasteiger charge is 2.25. The van der Waals surface area contributed by atoms with Crippen LogP contribution < -0.4 is 5.32 Å². The molecule has 8 heteroatoms. The molecule has 1 N–H and O–H groups in total. The molecule has 0 aliphatic carbocycles. The van der Waals surface area contributed by atoms with Gasteiger partial charge in [0.15, 0.2) is 0 Å². The first-order valence-corrected chi connectivity index (χ1v) is 10.4. The van der Waals surface area contributed by atoms with E-state index in [1.54, 1.807) is 12.1 Å². The molecule has 1 amide bonds. The fourth-order valence-electron chi connectivity index (χ4n) is 3.05. The number of nitrogens with one attached hydrogen (secondary N) is 1. The second kappa shape index (κ2) is 9.47. The molecular formula is C21H19BrFNO4S. The summed E-state index contributed by atoms with van der Waals surface area (Å²) in [7, 11) is 2.79. The number of carbonyl (C=O) groups excluding carboxylic acids is 2. The topological polar surface area (TPSA) is 64.6 Å². The molecule has 1 heterocycles. The van der Waals surface area contributed by atoms with Crippen LogP contribution >= 0.6 is 27.3 Å². The van der Waals surface area contributed by atoms with Gasteiger partial charge < -0.3 is 14.8 Å². The minimum absolute atomic E-state index is 0.0251. The Morgan fingerprint density at radius 1 is 1.17 bits per heavy atom. The summed E-state index contributed by atoms with van der Waals surface area (Å²) in [5, 5.41) is 3.28. The Morgan fingerprint density at radius 3 is 2.55 bits per heavy atom. The van der Waals surface area contributed by atoms with Crippen molar-refractivity contribution < 1.29 is 23.5 Å². The van der Waals surface area contributed by atoms with Crippen molar-refractivity contribution in [2.24, 2.45) is 0 Å². The van der Waals surface area contributed by atoms with Gasteiger partial charge in [0.25, 0.3) is 5.91 Å². The molecule has 5 nitrogen and oxygen atoms in total. The highest BCUT2D eigenvalue weighted by molar-refractivity contribution is 9.10. The number of carbonyl (C=O) groups is 2. The lowest BCUT2D eigenvalue weighted by molar-refractivity contribution is -0.141. The van der Waals surface area contributed by atoms with E-state index < -0.39 is 23.7 Å². The molecule has 1 atom stereocenters. The number of hydrogen-bond acceptors (Lipinski definition) is 5. The minimum atomic E-state index is -0.589. The Balaban J connectivity index is 1.97. The Morgan fingerprint density at radius 2 is 1.90 bits per heavy atom. The summed E-state index contributed by atoms with van der Waals surface area (Å²) in [6.45, 7) is 0.101. The van der Waals surface area contributed by atoms with Gasteiger partial charge in [-0.05, 0) is 29.8 Å². The minimum Gasteiger partial charge on any atom is -0.469 e. The third-order valence-electron chi connectivity index (χ3n) is 4.43. The second-order valence-electron chi connectivity index (χ2n) is 6.31. The smallest absolute Gasteiger partial charge is 0.307 e. The van der Waals surface area contributed by atoms with E-state index in [0.29, 0.717) is 20.5 Å². The lowest BCUT2D eigenvalue weighted by Gasteiger charge is -2.18. The Bertz CT molecular complexity index is 1040. The number of esters is 1. The average Bonchev–Trinajstić information content (AvgIpc) is 3.08. The number of amides is 1. The van der Waals surface area contributed by atoms with Crippen LogP contribution in [0.2, 0.25) is 0 Å². The van der Waals surface area contributed by atoms with E-state index in [4.69, 9.17) is 9.47 Å². The van der Waals surface area contributed by atoms with Crippen LogP contribution in [0.5, 0.6) is 0 Å². The lowest BCUT2D eigenvalue weighted by atomic mass is 10.0. The summed E-state index contributed by atoms with van der Waals surface area (Å²) >= 11 is 4.57. The number of thiophene rings is 1. The van der Waals surface area contributed by atoms with Crippen LogP contribution in [-0.2, 0) is 20.9 Å². The first kappa shape index (κ1) is 21.4. The fraction of sp³-hybridized carbons (Fsp3) is 0.238. The van der Waals surface area contributed by atoms with Crippen molar-refractivity contribution in [1.82, 2.24) is 5.32 Å². The van der Waals surface area contributed by atoms with E-state index in [1.165, 1.54) is 31.6 Å². The summed E-state index contributed by atoms with van der Waals surface area (Å²) in [6.07, 6.45) is -0.0251. The normalized spacial score (nSPS) is 12.0. The van der Waals surface area contributed by atoms with Gasteiger partial charge >= 0.3 is 5.97 Å². The van der Waals surface area contributed by atoms with E-state index >= 15 is 0 Å². The predicted molar refractivity (Wildman–Crippen MR) is 113 cm³/mol. The van der Waals surface area contributed by atoms with E-state index in [2.05, 4.69) is 21.2 Å². The zero-order valence-corrected chi connectivity index (χ0v) is 18.2. The summed E-state index contributed by atoms with van der Waals surface area (Å²) in [6, 6.07) is 11.4. The van der Waals surface area contributed by atoms with Crippen LogP contribution in [-0.4, -0.2) is 26.1 Å². The summed E-state index contributed by atoms with van der Waals surface area (Å²) in [5.41, 5.74) is 1.25. The highest BCUT2D eigenvalue weighted by atomic mass is 79.9. The monoisotopic (exact) mass is 479 g/mol. The molecule has 152 valence electrons. The van der Waals surface area contributed by atoms with Crippen molar-refractivity contribution in [1.29, 1.82) is 0 Å². The lowest BCUT2D eigenvalue weighted by Crippen LogP contribution is -2.30. The molecule has 0 saturated heterocycles. The highest BCUT2D eigenvalue weighted by Crippen LogP contribution is 2.34. The fourth-order valence-corrected chi connectivity index (χ4v) is 4.44. The molecule has 0 fully saturated rings. The molecule has 0 radical (unpaired) electrons. The maximum absolute atomic E-state index is 14.4. The van der Waals surface area contributed by atoms with Gasteiger partial charge in [-0.2, -0.15) is 0 Å². The van der Waals surface area contributed by atoms with Gasteiger partial charge in [0.2, 0.25) is 0 Å². The quantitative estimate of drug-likeness (QED) is 0.485. The summed E-state index contributed by atoms with van der Waals surface area (Å²) in [5.74, 6) is -1.24. The third kappa shape index (κ3) is 4.83. The molecule has 2 aromatic carbocycles. The maximum Gasteiger partial charge on any atom is 0.307 e. The van der Waals surface area contributed by atoms with Gasteiger partial charge in [0, 0.05) is 27.2 Å². The van der Waals surface area contributed by atoms with Gasteiger partial charge in [0.1, 0.15) is 5.82 Å². The number of methoxy groups -OCH3 is 2. The molecule has 0 saturated carbocycles. The first-order valence-electron chi connectivity index (χ1n) is 8.76. The molecule has 29 heavy (non-hydrogen) atoms. The van der Waals surface area contributed by atoms with Crippen LogP contribution in [0.3, 0.4) is 0 Å². The average molecular weight is 480 g/mol. The molecule has 0 aliphatic heterocycles. The van der Waals surface area contributed by atoms with Crippen molar-refractivity contribution in [3.8, 4) is 0 Å². The van der Waals surface area contributed by atoms with Crippen LogP contribution in [0.25, 0.3) is 10.1 Å². The maximum atomic E-state index is 14.4. The molecule has 3 aromatic rings. The third-order valence-corrected chi connectivity index (χ3v) is 6.16. The standard InChI is InChI=1S/C21H19BrFNO4S/c1-27-11-14-19-15(23)4-3-5-17(19)29-20(14)21(26)24-16(10-18(25)28-2)12-6-8-13(22)9-7-12/h3-9,16H,10-11H2,1-2H3,(H,24,26). The first-order chi connectivity index (χ1) is 13.9. The molecule has 0 bridgehead atoms. The van der Waals surface area contributed by atoms with Crippen LogP contribution in [0.4, 0.5) is 4.39 Å². The van der Waals surface area contributed by atoms with Gasteiger partial charge in [-0.1, -0.05) is 34.1 Å². The Labute approximate surface area is 179 Å². The molecule has 1 aromatic heterocycles. The van der Waals surface area contributed by atoms with E-state index in [0.717, 1.165) is 10.0 Å². The SMILES string of the molecule is COCc1c(C(=O)NC(CC(=O)OC)c2ccc(Br)cc2)sc2cccc(F)c12.